The summed E-state index contributed by atoms with van der Waals surface area (Å²) in [6.45, 7) is 2.55. The SMILES string of the molecule is Cc1cccnc1CNc1nc(Cl)nc(N(C)C)n1. The fraction of sp³-hybridized carbons (Fsp3) is 0.333. The van der Waals surface area contributed by atoms with Crippen LogP contribution in [0.4, 0.5) is 11.9 Å². The van der Waals surface area contributed by atoms with Gasteiger partial charge in [0.25, 0.3) is 0 Å². The Labute approximate surface area is 116 Å². The van der Waals surface area contributed by atoms with E-state index in [9.17, 15) is 0 Å². The standard InChI is InChI=1S/C12H15ClN6/c1-8-5-4-6-14-9(8)7-15-11-16-10(13)17-12(18-11)19(2)3/h4-6H,7H2,1-3H3,(H,15,16,17,18). The summed E-state index contributed by atoms with van der Waals surface area (Å²) in [5, 5.41) is 3.27. The summed E-state index contributed by atoms with van der Waals surface area (Å²) in [6, 6.07) is 3.92. The molecule has 2 aromatic rings. The molecule has 0 aliphatic carbocycles. The number of anilines is 2. The maximum absolute atomic E-state index is 5.86. The molecule has 2 rings (SSSR count). The largest absolute Gasteiger partial charge is 0.348 e. The number of hydrogen-bond donors (Lipinski definition) is 1. The molecule has 2 aromatic heterocycles. The molecule has 100 valence electrons. The van der Waals surface area contributed by atoms with Crippen LogP contribution in [-0.4, -0.2) is 34.0 Å². The van der Waals surface area contributed by atoms with Gasteiger partial charge in [0, 0.05) is 20.3 Å². The summed E-state index contributed by atoms with van der Waals surface area (Å²) in [4.78, 5) is 18.4. The maximum atomic E-state index is 5.86. The Kier molecular flexibility index (Phi) is 4.11. The lowest BCUT2D eigenvalue weighted by atomic mass is 10.2. The lowest BCUT2D eigenvalue weighted by Gasteiger charge is -2.12. The minimum Gasteiger partial charge on any atom is -0.348 e. The number of nitrogens with zero attached hydrogens (tertiary/aromatic N) is 5. The topological polar surface area (TPSA) is 66.8 Å². The predicted octanol–water partition coefficient (Wildman–Crippen LogP) is 1.91. The predicted molar refractivity (Wildman–Crippen MR) is 75.5 cm³/mol. The van der Waals surface area contributed by atoms with E-state index in [0.717, 1.165) is 11.3 Å². The molecule has 19 heavy (non-hydrogen) atoms. The molecule has 0 radical (unpaired) electrons. The smallest absolute Gasteiger partial charge is 0.230 e. The molecule has 0 amide bonds. The zero-order valence-corrected chi connectivity index (χ0v) is 11.8. The van der Waals surface area contributed by atoms with Gasteiger partial charge in [-0.15, -0.1) is 0 Å². The quantitative estimate of drug-likeness (QED) is 0.921. The van der Waals surface area contributed by atoms with Crippen molar-refractivity contribution >= 4 is 23.5 Å². The highest BCUT2D eigenvalue weighted by atomic mass is 35.5. The average Bonchev–Trinajstić information content (AvgIpc) is 2.37. The highest BCUT2D eigenvalue weighted by molar-refractivity contribution is 6.28. The third-order valence-electron chi connectivity index (χ3n) is 2.53. The monoisotopic (exact) mass is 278 g/mol. The molecule has 0 aliphatic rings. The summed E-state index contributed by atoms with van der Waals surface area (Å²) in [5.74, 6) is 0.953. The van der Waals surface area contributed by atoms with Gasteiger partial charge in [-0.3, -0.25) is 4.98 Å². The minimum absolute atomic E-state index is 0.166. The maximum Gasteiger partial charge on any atom is 0.230 e. The van der Waals surface area contributed by atoms with Gasteiger partial charge < -0.3 is 10.2 Å². The first-order chi connectivity index (χ1) is 9.06. The van der Waals surface area contributed by atoms with Crippen LogP contribution >= 0.6 is 11.6 Å². The zero-order chi connectivity index (χ0) is 13.8. The van der Waals surface area contributed by atoms with Gasteiger partial charge in [-0.05, 0) is 30.2 Å². The van der Waals surface area contributed by atoms with Crippen LogP contribution in [-0.2, 0) is 6.54 Å². The molecule has 7 heteroatoms. The van der Waals surface area contributed by atoms with Crippen molar-refractivity contribution in [3.63, 3.8) is 0 Å². The van der Waals surface area contributed by atoms with E-state index in [2.05, 4.69) is 25.3 Å². The number of hydrogen-bond acceptors (Lipinski definition) is 6. The molecule has 0 fully saturated rings. The molecule has 0 saturated heterocycles. The first-order valence-electron chi connectivity index (χ1n) is 5.79. The molecule has 0 aromatic carbocycles. The van der Waals surface area contributed by atoms with Crippen molar-refractivity contribution in [3.8, 4) is 0 Å². The second-order valence-corrected chi connectivity index (χ2v) is 4.58. The third-order valence-corrected chi connectivity index (χ3v) is 2.70. The van der Waals surface area contributed by atoms with Crippen LogP contribution < -0.4 is 10.2 Å². The van der Waals surface area contributed by atoms with Gasteiger partial charge in [-0.1, -0.05) is 6.07 Å². The Morgan fingerprint density at radius 2 is 2.05 bits per heavy atom. The number of halogens is 1. The van der Waals surface area contributed by atoms with Crippen molar-refractivity contribution in [2.75, 3.05) is 24.3 Å². The second kappa shape index (κ2) is 5.79. The molecular weight excluding hydrogens is 264 g/mol. The van der Waals surface area contributed by atoms with Crippen molar-refractivity contribution in [2.45, 2.75) is 13.5 Å². The molecule has 6 nitrogen and oxygen atoms in total. The Morgan fingerprint density at radius 1 is 1.26 bits per heavy atom. The van der Waals surface area contributed by atoms with Crippen LogP contribution in [0.5, 0.6) is 0 Å². The summed E-state index contributed by atoms with van der Waals surface area (Å²) in [6.07, 6.45) is 1.76. The van der Waals surface area contributed by atoms with E-state index in [4.69, 9.17) is 11.6 Å². The average molecular weight is 279 g/mol. The summed E-state index contributed by atoms with van der Waals surface area (Å²) < 4.78 is 0. The van der Waals surface area contributed by atoms with Gasteiger partial charge in [-0.2, -0.15) is 15.0 Å². The Balaban J connectivity index is 2.14. The van der Waals surface area contributed by atoms with Crippen LogP contribution in [0.1, 0.15) is 11.3 Å². The summed E-state index contributed by atoms with van der Waals surface area (Å²) >= 11 is 5.86. The number of aryl methyl sites for hydroxylation is 1. The Bertz CT molecular complexity index is 572. The van der Waals surface area contributed by atoms with Crippen molar-refractivity contribution in [3.05, 3.63) is 34.9 Å². The van der Waals surface area contributed by atoms with Gasteiger partial charge in [0.05, 0.1) is 12.2 Å². The molecule has 0 atom stereocenters. The van der Waals surface area contributed by atoms with Crippen molar-refractivity contribution in [2.24, 2.45) is 0 Å². The van der Waals surface area contributed by atoms with Gasteiger partial charge in [0.15, 0.2) is 0 Å². The Hall–Kier alpha value is -1.95. The van der Waals surface area contributed by atoms with Gasteiger partial charge in [-0.25, -0.2) is 0 Å². The third kappa shape index (κ3) is 3.51. The summed E-state index contributed by atoms with van der Waals surface area (Å²) in [7, 11) is 3.69. The Morgan fingerprint density at radius 3 is 2.74 bits per heavy atom. The van der Waals surface area contributed by atoms with Gasteiger partial charge in [0.1, 0.15) is 0 Å². The van der Waals surface area contributed by atoms with E-state index in [-0.39, 0.29) is 5.28 Å². The van der Waals surface area contributed by atoms with E-state index < -0.39 is 0 Å². The highest BCUT2D eigenvalue weighted by Crippen LogP contribution is 2.12. The molecule has 1 N–H and O–H groups in total. The molecule has 0 bridgehead atoms. The van der Waals surface area contributed by atoms with Crippen LogP contribution in [0.15, 0.2) is 18.3 Å². The molecule has 0 aliphatic heterocycles. The van der Waals surface area contributed by atoms with E-state index in [1.807, 2.05) is 33.2 Å². The fourth-order valence-corrected chi connectivity index (χ4v) is 1.64. The van der Waals surface area contributed by atoms with E-state index in [0.29, 0.717) is 18.4 Å². The number of pyridine rings is 1. The second-order valence-electron chi connectivity index (χ2n) is 4.24. The summed E-state index contributed by atoms with van der Waals surface area (Å²) in [5.41, 5.74) is 2.06. The van der Waals surface area contributed by atoms with Crippen molar-refractivity contribution in [1.82, 2.24) is 19.9 Å². The van der Waals surface area contributed by atoms with Crippen molar-refractivity contribution < 1.29 is 0 Å². The normalized spacial score (nSPS) is 10.3. The van der Waals surface area contributed by atoms with Crippen LogP contribution in [0, 0.1) is 6.92 Å². The zero-order valence-electron chi connectivity index (χ0n) is 11.1. The molecule has 0 unspecified atom stereocenters. The van der Waals surface area contributed by atoms with Crippen LogP contribution in [0.2, 0.25) is 5.28 Å². The number of nitrogens with one attached hydrogen (secondary N) is 1. The lowest BCUT2D eigenvalue weighted by Crippen LogP contribution is -2.15. The molecular formula is C12H15ClN6. The van der Waals surface area contributed by atoms with E-state index >= 15 is 0 Å². The van der Waals surface area contributed by atoms with Crippen LogP contribution in [0.3, 0.4) is 0 Å². The van der Waals surface area contributed by atoms with Gasteiger partial charge in [0.2, 0.25) is 17.2 Å². The molecule has 0 saturated carbocycles. The highest BCUT2D eigenvalue weighted by Gasteiger charge is 2.07. The first-order valence-corrected chi connectivity index (χ1v) is 6.17. The van der Waals surface area contributed by atoms with Crippen LogP contribution in [0.25, 0.3) is 0 Å². The first kappa shape index (κ1) is 13.5. The van der Waals surface area contributed by atoms with Crippen molar-refractivity contribution in [1.29, 1.82) is 0 Å². The molecule has 2 heterocycles. The molecule has 0 spiro atoms. The van der Waals surface area contributed by atoms with Gasteiger partial charge >= 0.3 is 0 Å². The fourth-order valence-electron chi connectivity index (χ4n) is 1.48. The number of rotatable bonds is 4. The number of aromatic nitrogens is 4. The minimum atomic E-state index is 0.166. The van der Waals surface area contributed by atoms with E-state index in [1.54, 1.807) is 11.1 Å². The van der Waals surface area contributed by atoms with E-state index in [1.165, 1.54) is 0 Å². The lowest BCUT2D eigenvalue weighted by molar-refractivity contribution is 0.928.